The number of fused-ring (bicyclic) bond motifs is 5. The summed E-state index contributed by atoms with van der Waals surface area (Å²) >= 11 is 1.78. The molecule has 1 heterocycles. The molecule has 3 aliphatic rings. The summed E-state index contributed by atoms with van der Waals surface area (Å²) < 4.78 is 0. The monoisotopic (exact) mass is 248 g/mol. The fourth-order valence-corrected chi connectivity index (χ4v) is 5.64. The van der Waals surface area contributed by atoms with Crippen molar-refractivity contribution >= 4 is 11.3 Å². The molecular formula is C14H20N2S. The Morgan fingerprint density at radius 3 is 2.71 bits per heavy atom. The standard InChI is InChI=1S/C14H20N2S/c1-7-6-17-11(16-7)5-10(15)14-12-8-2-3-9(4-8)13(12)14/h6,8-10,12-14H,2-5,15H2,1H3. The molecule has 3 fully saturated rings. The summed E-state index contributed by atoms with van der Waals surface area (Å²) in [5.41, 5.74) is 7.58. The van der Waals surface area contributed by atoms with E-state index in [9.17, 15) is 0 Å². The van der Waals surface area contributed by atoms with E-state index in [1.165, 1.54) is 24.3 Å². The summed E-state index contributed by atoms with van der Waals surface area (Å²) in [4.78, 5) is 4.55. The molecule has 5 unspecified atom stereocenters. The van der Waals surface area contributed by atoms with Crippen LogP contribution in [-0.4, -0.2) is 11.0 Å². The van der Waals surface area contributed by atoms with Gasteiger partial charge in [0.25, 0.3) is 0 Å². The summed E-state index contributed by atoms with van der Waals surface area (Å²) in [6.45, 7) is 2.07. The topological polar surface area (TPSA) is 38.9 Å². The Bertz CT molecular complexity index is 425. The van der Waals surface area contributed by atoms with Crippen LogP contribution >= 0.6 is 11.3 Å². The van der Waals surface area contributed by atoms with Gasteiger partial charge in [-0.2, -0.15) is 0 Å². The summed E-state index contributed by atoms with van der Waals surface area (Å²) in [6.07, 6.45) is 5.52. The highest BCUT2D eigenvalue weighted by molar-refractivity contribution is 7.09. The Kier molecular flexibility index (Phi) is 2.19. The Hall–Kier alpha value is -0.410. The zero-order valence-corrected chi connectivity index (χ0v) is 11.1. The predicted octanol–water partition coefficient (Wildman–Crippen LogP) is 2.61. The van der Waals surface area contributed by atoms with E-state index in [-0.39, 0.29) is 0 Å². The number of hydrogen-bond donors (Lipinski definition) is 1. The molecule has 0 aromatic carbocycles. The average Bonchev–Trinajstić information content (AvgIpc) is 2.65. The first-order valence-electron chi connectivity index (χ1n) is 6.90. The van der Waals surface area contributed by atoms with E-state index in [0.717, 1.165) is 41.7 Å². The molecule has 2 bridgehead atoms. The van der Waals surface area contributed by atoms with Gasteiger partial charge in [0.05, 0.1) is 5.01 Å². The molecule has 3 heteroatoms. The third kappa shape index (κ3) is 1.52. The van der Waals surface area contributed by atoms with Crippen LogP contribution in [0.15, 0.2) is 5.38 Å². The van der Waals surface area contributed by atoms with Gasteiger partial charge in [-0.25, -0.2) is 4.98 Å². The van der Waals surface area contributed by atoms with Crippen molar-refractivity contribution in [3.8, 4) is 0 Å². The van der Waals surface area contributed by atoms with Crippen LogP contribution in [0, 0.1) is 36.5 Å². The van der Waals surface area contributed by atoms with E-state index >= 15 is 0 Å². The summed E-state index contributed by atoms with van der Waals surface area (Å²) in [7, 11) is 0. The minimum atomic E-state index is 0.374. The Labute approximate surface area is 107 Å². The van der Waals surface area contributed by atoms with Gasteiger partial charge < -0.3 is 5.73 Å². The molecule has 17 heavy (non-hydrogen) atoms. The van der Waals surface area contributed by atoms with Gasteiger partial charge in [-0.05, 0) is 55.8 Å². The van der Waals surface area contributed by atoms with E-state index in [2.05, 4.69) is 17.3 Å². The van der Waals surface area contributed by atoms with Crippen LogP contribution in [0.5, 0.6) is 0 Å². The van der Waals surface area contributed by atoms with Crippen molar-refractivity contribution < 1.29 is 0 Å². The SMILES string of the molecule is Cc1csc(CC(N)C2C3C4CCC(C4)C23)n1. The van der Waals surface area contributed by atoms with Crippen LogP contribution in [0.1, 0.15) is 30.0 Å². The molecule has 0 aliphatic heterocycles. The van der Waals surface area contributed by atoms with Gasteiger partial charge in [-0.1, -0.05) is 0 Å². The number of nitrogens with two attached hydrogens (primary N) is 1. The molecule has 3 aliphatic carbocycles. The van der Waals surface area contributed by atoms with E-state index < -0.39 is 0 Å². The highest BCUT2D eigenvalue weighted by atomic mass is 32.1. The Balaban J connectivity index is 1.44. The summed E-state index contributed by atoms with van der Waals surface area (Å²) in [5.74, 6) is 4.93. The highest BCUT2D eigenvalue weighted by Gasteiger charge is 2.66. The molecule has 0 spiro atoms. The molecule has 0 saturated heterocycles. The zero-order valence-electron chi connectivity index (χ0n) is 10.3. The number of thiazole rings is 1. The van der Waals surface area contributed by atoms with Crippen LogP contribution < -0.4 is 5.73 Å². The van der Waals surface area contributed by atoms with E-state index in [1.54, 1.807) is 11.3 Å². The summed E-state index contributed by atoms with van der Waals surface area (Å²) in [5, 5.41) is 3.38. The lowest BCUT2D eigenvalue weighted by Gasteiger charge is -2.14. The third-order valence-corrected chi connectivity index (χ3v) is 6.36. The molecule has 92 valence electrons. The van der Waals surface area contributed by atoms with Crippen molar-refractivity contribution in [3.05, 3.63) is 16.1 Å². The van der Waals surface area contributed by atoms with Crippen molar-refractivity contribution in [2.45, 2.75) is 38.6 Å². The first-order valence-corrected chi connectivity index (χ1v) is 7.78. The largest absolute Gasteiger partial charge is 0.327 e. The zero-order chi connectivity index (χ0) is 11.6. The second kappa shape index (κ2) is 3.55. The quantitative estimate of drug-likeness (QED) is 0.893. The lowest BCUT2D eigenvalue weighted by molar-refractivity contribution is 0.409. The molecule has 2 N–H and O–H groups in total. The second-order valence-corrected chi connectivity index (χ2v) is 7.26. The molecular weight excluding hydrogens is 228 g/mol. The maximum absolute atomic E-state index is 6.43. The van der Waals surface area contributed by atoms with Crippen molar-refractivity contribution in [1.82, 2.24) is 4.98 Å². The van der Waals surface area contributed by atoms with Gasteiger partial charge in [0.2, 0.25) is 0 Å². The molecule has 3 saturated carbocycles. The van der Waals surface area contributed by atoms with Crippen LogP contribution in [0.25, 0.3) is 0 Å². The molecule has 0 radical (unpaired) electrons. The van der Waals surface area contributed by atoms with E-state index in [1.807, 2.05) is 0 Å². The third-order valence-electron chi connectivity index (χ3n) is 5.37. The first kappa shape index (κ1) is 10.5. The number of nitrogens with zero attached hydrogens (tertiary/aromatic N) is 1. The summed E-state index contributed by atoms with van der Waals surface area (Å²) in [6, 6.07) is 0.374. The minimum absolute atomic E-state index is 0.374. The van der Waals surface area contributed by atoms with Gasteiger partial charge in [0.15, 0.2) is 0 Å². The normalized spacial score (nSPS) is 43.8. The maximum Gasteiger partial charge on any atom is 0.0943 e. The lowest BCUT2D eigenvalue weighted by atomic mass is 9.96. The van der Waals surface area contributed by atoms with Gasteiger partial charge in [0, 0.05) is 23.5 Å². The van der Waals surface area contributed by atoms with Crippen LogP contribution in [0.2, 0.25) is 0 Å². The number of hydrogen-bond acceptors (Lipinski definition) is 3. The maximum atomic E-state index is 6.43. The fourth-order valence-electron chi connectivity index (χ4n) is 4.80. The molecule has 5 atom stereocenters. The highest BCUT2D eigenvalue weighted by Crippen LogP contribution is 2.70. The van der Waals surface area contributed by atoms with Crippen molar-refractivity contribution in [2.75, 3.05) is 0 Å². The number of rotatable bonds is 3. The predicted molar refractivity (Wildman–Crippen MR) is 69.8 cm³/mol. The minimum Gasteiger partial charge on any atom is -0.327 e. The van der Waals surface area contributed by atoms with Crippen LogP contribution in [0.3, 0.4) is 0 Å². The molecule has 1 aromatic rings. The molecule has 2 nitrogen and oxygen atoms in total. The molecule has 0 amide bonds. The van der Waals surface area contributed by atoms with E-state index in [4.69, 9.17) is 5.73 Å². The van der Waals surface area contributed by atoms with Crippen LogP contribution in [-0.2, 0) is 6.42 Å². The fraction of sp³-hybridized carbons (Fsp3) is 0.786. The lowest BCUT2D eigenvalue weighted by Crippen LogP contribution is -2.28. The number of aromatic nitrogens is 1. The van der Waals surface area contributed by atoms with Crippen LogP contribution in [0.4, 0.5) is 0 Å². The smallest absolute Gasteiger partial charge is 0.0943 e. The van der Waals surface area contributed by atoms with E-state index in [0.29, 0.717) is 6.04 Å². The molecule has 4 rings (SSSR count). The van der Waals surface area contributed by atoms with Crippen molar-refractivity contribution in [1.29, 1.82) is 0 Å². The van der Waals surface area contributed by atoms with Gasteiger partial charge >= 0.3 is 0 Å². The second-order valence-electron chi connectivity index (χ2n) is 6.32. The molecule has 1 aromatic heterocycles. The van der Waals surface area contributed by atoms with Crippen molar-refractivity contribution in [2.24, 2.45) is 35.3 Å². The van der Waals surface area contributed by atoms with Crippen molar-refractivity contribution in [3.63, 3.8) is 0 Å². The van der Waals surface area contributed by atoms with Gasteiger partial charge in [-0.15, -0.1) is 11.3 Å². The van der Waals surface area contributed by atoms with Gasteiger partial charge in [-0.3, -0.25) is 0 Å². The first-order chi connectivity index (χ1) is 8.24. The number of aryl methyl sites for hydroxylation is 1. The Morgan fingerprint density at radius 1 is 1.41 bits per heavy atom. The Morgan fingerprint density at radius 2 is 2.12 bits per heavy atom. The average molecular weight is 248 g/mol. The van der Waals surface area contributed by atoms with Gasteiger partial charge in [0.1, 0.15) is 0 Å².